The third kappa shape index (κ3) is 6.61. The molecule has 0 fully saturated rings. The Morgan fingerprint density at radius 2 is 2.11 bits per heavy atom. The van der Waals surface area contributed by atoms with Crippen molar-refractivity contribution in [1.82, 2.24) is 10.2 Å². The number of nitrogens with zero attached hydrogens (tertiary/aromatic N) is 2. The third-order valence-corrected chi connectivity index (χ3v) is 4.92. The highest BCUT2D eigenvalue weighted by Crippen LogP contribution is 2.28. The summed E-state index contributed by atoms with van der Waals surface area (Å²) in [5.41, 5.74) is 1.01. The van der Waals surface area contributed by atoms with Crippen molar-refractivity contribution in [3.8, 4) is 11.5 Å². The summed E-state index contributed by atoms with van der Waals surface area (Å²) in [6.07, 6.45) is 0. The molecule has 0 saturated heterocycles. The van der Waals surface area contributed by atoms with Crippen molar-refractivity contribution >= 4 is 28.9 Å². The van der Waals surface area contributed by atoms with E-state index in [0.29, 0.717) is 18.0 Å². The average molecular weight is 412 g/mol. The lowest BCUT2D eigenvalue weighted by Crippen LogP contribution is -2.38. The zero-order valence-corrected chi connectivity index (χ0v) is 17.4. The van der Waals surface area contributed by atoms with Gasteiger partial charge in [0.15, 0.2) is 17.5 Å². The lowest BCUT2D eigenvalue weighted by atomic mass is 10.2. The minimum atomic E-state index is -0.0387. The maximum Gasteiger partial charge on any atom is 0.194 e. The van der Waals surface area contributed by atoms with E-state index in [0.717, 1.165) is 28.9 Å². The van der Waals surface area contributed by atoms with Crippen LogP contribution in [0.25, 0.3) is 0 Å². The van der Waals surface area contributed by atoms with Crippen LogP contribution in [0.2, 0.25) is 4.34 Å². The van der Waals surface area contributed by atoms with Crippen molar-refractivity contribution in [3.05, 3.63) is 45.1 Å². The first-order valence-corrected chi connectivity index (χ1v) is 9.91. The lowest BCUT2D eigenvalue weighted by Gasteiger charge is -2.21. The van der Waals surface area contributed by atoms with E-state index in [2.05, 4.69) is 10.2 Å². The molecule has 8 heteroatoms. The number of aliphatic hydroxyl groups is 1. The van der Waals surface area contributed by atoms with Crippen LogP contribution in [0, 0.1) is 0 Å². The highest BCUT2D eigenvalue weighted by Gasteiger charge is 2.09. The average Bonchev–Trinajstić information content (AvgIpc) is 3.08. The SMILES string of the molecule is CCNC(=NCc1ccc(OCCO)c(OC)c1)N(C)Cc1ccc(Cl)s1. The van der Waals surface area contributed by atoms with Crippen molar-refractivity contribution in [2.45, 2.75) is 20.0 Å². The Morgan fingerprint density at radius 1 is 1.30 bits per heavy atom. The molecule has 0 radical (unpaired) electrons. The normalized spacial score (nSPS) is 11.4. The van der Waals surface area contributed by atoms with E-state index in [9.17, 15) is 0 Å². The predicted octanol–water partition coefficient (Wildman–Crippen LogP) is 3.38. The molecule has 0 aliphatic carbocycles. The van der Waals surface area contributed by atoms with Crippen LogP contribution < -0.4 is 14.8 Å². The summed E-state index contributed by atoms with van der Waals surface area (Å²) in [6, 6.07) is 9.62. The zero-order chi connectivity index (χ0) is 19.6. The number of halogens is 1. The minimum absolute atomic E-state index is 0.0387. The van der Waals surface area contributed by atoms with E-state index in [1.165, 1.54) is 4.88 Å². The number of aliphatic hydroxyl groups excluding tert-OH is 1. The maximum atomic E-state index is 8.90. The van der Waals surface area contributed by atoms with Gasteiger partial charge in [-0.25, -0.2) is 4.99 Å². The Bertz CT molecular complexity index is 752. The van der Waals surface area contributed by atoms with E-state index in [4.69, 9.17) is 31.2 Å². The highest BCUT2D eigenvalue weighted by atomic mass is 35.5. The number of guanidine groups is 1. The van der Waals surface area contributed by atoms with Gasteiger partial charge in [-0.05, 0) is 36.8 Å². The predicted molar refractivity (Wildman–Crippen MR) is 111 cm³/mol. The van der Waals surface area contributed by atoms with Gasteiger partial charge >= 0.3 is 0 Å². The Labute approximate surface area is 169 Å². The first-order valence-electron chi connectivity index (χ1n) is 8.71. The molecule has 0 atom stereocenters. The van der Waals surface area contributed by atoms with Gasteiger partial charge in [-0.1, -0.05) is 17.7 Å². The van der Waals surface area contributed by atoms with Gasteiger partial charge in [-0.2, -0.15) is 0 Å². The smallest absolute Gasteiger partial charge is 0.194 e. The summed E-state index contributed by atoms with van der Waals surface area (Å²) in [6.45, 7) is 4.27. The molecule has 0 spiro atoms. The summed E-state index contributed by atoms with van der Waals surface area (Å²) < 4.78 is 11.6. The van der Waals surface area contributed by atoms with Crippen LogP contribution >= 0.6 is 22.9 Å². The Kier molecular flexibility index (Phi) is 8.71. The van der Waals surface area contributed by atoms with Crippen LogP contribution in [0.4, 0.5) is 0 Å². The fourth-order valence-electron chi connectivity index (χ4n) is 2.47. The molecular weight excluding hydrogens is 386 g/mol. The lowest BCUT2D eigenvalue weighted by molar-refractivity contribution is 0.196. The quantitative estimate of drug-likeness (QED) is 0.489. The standard InChI is InChI=1S/C19H26ClN3O3S/c1-4-21-19(23(2)13-15-6-8-18(20)27-15)22-12-14-5-7-16(26-10-9-24)17(11-14)25-3/h5-8,11,24H,4,9-10,12-13H2,1-3H3,(H,21,22). The van der Waals surface area contributed by atoms with Crippen LogP contribution in [0.1, 0.15) is 17.4 Å². The number of thiophene rings is 1. The Morgan fingerprint density at radius 3 is 2.74 bits per heavy atom. The fourth-order valence-corrected chi connectivity index (χ4v) is 3.61. The van der Waals surface area contributed by atoms with E-state index in [1.54, 1.807) is 18.4 Å². The number of nitrogens with one attached hydrogen (secondary N) is 1. The van der Waals surface area contributed by atoms with Crippen LogP contribution in [0.3, 0.4) is 0 Å². The Hall–Kier alpha value is -1.96. The molecule has 0 aliphatic rings. The van der Waals surface area contributed by atoms with Gasteiger partial charge in [-0.15, -0.1) is 11.3 Å². The number of ether oxygens (including phenoxy) is 2. The molecule has 2 rings (SSSR count). The maximum absolute atomic E-state index is 8.90. The topological polar surface area (TPSA) is 66.3 Å². The van der Waals surface area contributed by atoms with Crippen molar-refractivity contribution < 1.29 is 14.6 Å². The highest BCUT2D eigenvalue weighted by molar-refractivity contribution is 7.16. The molecule has 0 unspecified atom stereocenters. The first kappa shape index (κ1) is 21.3. The van der Waals surface area contributed by atoms with Crippen LogP contribution in [0.15, 0.2) is 35.3 Å². The second-order valence-electron chi connectivity index (χ2n) is 5.79. The van der Waals surface area contributed by atoms with Crippen molar-refractivity contribution in [2.75, 3.05) is 33.9 Å². The zero-order valence-electron chi connectivity index (χ0n) is 15.9. The summed E-state index contributed by atoms with van der Waals surface area (Å²) in [5, 5.41) is 12.2. The van der Waals surface area contributed by atoms with Gasteiger partial charge in [0.2, 0.25) is 0 Å². The first-order chi connectivity index (χ1) is 13.1. The molecule has 148 valence electrons. The van der Waals surface area contributed by atoms with E-state index < -0.39 is 0 Å². The van der Waals surface area contributed by atoms with Gasteiger partial charge in [0, 0.05) is 18.5 Å². The van der Waals surface area contributed by atoms with Gasteiger partial charge < -0.3 is 24.8 Å². The molecule has 2 aromatic rings. The van der Waals surface area contributed by atoms with Crippen molar-refractivity contribution in [3.63, 3.8) is 0 Å². The van der Waals surface area contributed by atoms with E-state index in [1.807, 2.05) is 44.3 Å². The summed E-state index contributed by atoms with van der Waals surface area (Å²) in [5.74, 6) is 2.06. The molecule has 1 heterocycles. The largest absolute Gasteiger partial charge is 0.493 e. The number of hydrogen-bond acceptors (Lipinski definition) is 5. The number of hydrogen-bond donors (Lipinski definition) is 2. The van der Waals surface area contributed by atoms with Crippen LogP contribution in [0.5, 0.6) is 11.5 Å². The van der Waals surface area contributed by atoms with Gasteiger partial charge in [0.1, 0.15) is 6.61 Å². The molecule has 1 aromatic heterocycles. The number of aliphatic imine (C=N–C) groups is 1. The third-order valence-electron chi connectivity index (χ3n) is 3.71. The van der Waals surface area contributed by atoms with E-state index >= 15 is 0 Å². The second-order valence-corrected chi connectivity index (χ2v) is 7.59. The van der Waals surface area contributed by atoms with Crippen LogP contribution in [-0.4, -0.2) is 49.9 Å². The number of methoxy groups -OCH3 is 1. The monoisotopic (exact) mass is 411 g/mol. The summed E-state index contributed by atoms with van der Waals surface area (Å²) in [7, 11) is 3.60. The van der Waals surface area contributed by atoms with Gasteiger partial charge in [-0.3, -0.25) is 0 Å². The summed E-state index contributed by atoms with van der Waals surface area (Å²) in [4.78, 5) is 7.97. The number of rotatable bonds is 9. The van der Waals surface area contributed by atoms with E-state index in [-0.39, 0.29) is 13.2 Å². The van der Waals surface area contributed by atoms with Gasteiger partial charge in [0.05, 0.1) is 31.1 Å². The molecule has 2 N–H and O–H groups in total. The molecular formula is C19H26ClN3O3S. The molecule has 27 heavy (non-hydrogen) atoms. The molecule has 6 nitrogen and oxygen atoms in total. The minimum Gasteiger partial charge on any atom is -0.493 e. The van der Waals surface area contributed by atoms with Gasteiger partial charge in [0.25, 0.3) is 0 Å². The second kappa shape index (κ2) is 11.0. The summed E-state index contributed by atoms with van der Waals surface area (Å²) >= 11 is 7.59. The fraction of sp³-hybridized carbons (Fsp3) is 0.421. The van der Waals surface area contributed by atoms with Crippen molar-refractivity contribution in [1.29, 1.82) is 0 Å². The van der Waals surface area contributed by atoms with Crippen LogP contribution in [-0.2, 0) is 13.1 Å². The molecule has 0 saturated carbocycles. The Balaban J connectivity index is 2.08. The van der Waals surface area contributed by atoms with Crippen molar-refractivity contribution in [2.24, 2.45) is 4.99 Å². The number of benzene rings is 1. The molecule has 0 amide bonds. The molecule has 0 aliphatic heterocycles. The molecule has 0 bridgehead atoms. The molecule has 1 aromatic carbocycles.